The van der Waals surface area contributed by atoms with E-state index in [0.29, 0.717) is 23.6 Å². The van der Waals surface area contributed by atoms with Crippen molar-refractivity contribution in [1.82, 2.24) is 4.98 Å². The van der Waals surface area contributed by atoms with Crippen LogP contribution in [0.25, 0.3) is 0 Å². The maximum absolute atomic E-state index is 12.2. The number of rotatable bonds is 4. The molecule has 2 N–H and O–H groups in total. The van der Waals surface area contributed by atoms with Gasteiger partial charge in [0.15, 0.2) is 22.3 Å². The van der Waals surface area contributed by atoms with E-state index in [4.69, 9.17) is 5.73 Å². The number of aromatic nitrogens is 1. The highest BCUT2D eigenvalue weighted by atomic mass is 32.2. The van der Waals surface area contributed by atoms with E-state index in [1.54, 1.807) is 24.4 Å². The van der Waals surface area contributed by atoms with Crippen LogP contribution in [0.5, 0.6) is 0 Å². The highest BCUT2D eigenvalue weighted by Gasteiger charge is 2.22. The third kappa shape index (κ3) is 3.18. The first-order chi connectivity index (χ1) is 11.4. The highest BCUT2D eigenvalue weighted by molar-refractivity contribution is 7.90. The highest BCUT2D eigenvalue weighted by Crippen LogP contribution is 2.26. The first-order valence-electron chi connectivity index (χ1n) is 7.31. The van der Waals surface area contributed by atoms with Crippen molar-refractivity contribution < 1.29 is 8.42 Å². The minimum Gasteiger partial charge on any atom is -0.384 e. The predicted molar refractivity (Wildman–Crippen MR) is 92.0 cm³/mol. The number of pyridine rings is 1. The number of sulfone groups is 1. The van der Waals surface area contributed by atoms with E-state index < -0.39 is 9.84 Å². The molecular formula is C16H17N5O2S. The number of amidine groups is 1. The minimum atomic E-state index is -3.42. The van der Waals surface area contributed by atoms with Gasteiger partial charge in [-0.3, -0.25) is 0 Å². The van der Waals surface area contributed by atoms with Crippen LogP contribution in [-0.4, -0.2) is 32.2 Å². The fourth-order valence-corrected chi connectivity index (χ4v) is 3.56. The van der Waals surface area contributed by atoms with Gasteiger partial charge in [0.1, 0.15) is 5.82 Å². The second-order valence-corrected chi connectivity index (χ2v) is 7.62. The van der Waals surface area contributed by atoms with Crippen LogP contribution in [0, 0.1) is 6.92 Å². The van der Waals surface area contributed by atoms with Crippen LogP contribution < -0.4 is 5.73 Å². The third-order valence-electron chi connectivity index (χ3n) is 3.81. The molecule has 8 heteroatoms. The van der Waals surface area contributed by atoms with Crippen LogP contribution in [-0.2, 0) is 16.3 Å². The van der Waals surface area contributed by atoms with Crippen LogP contribution in [0.4, 0.5) is 5.82 Å². The van der Waals surface area contributed by atoms with E-state index in [1.807, 2.05) is 13.0 Å². The lowest BCUT2D eigenvalue weighted by atomic mass is 9.97. The molecule has 2 aromatic rings. The molecule has 0 atom stereocenters. The summed E-state index contributed by atoms with van der Waals surface area (Å²) in [7, 11) is -3.42. The van der Waals surface area contributed by atoms with E-state index in [0.717, 1.165) is 16.7 Å². The monoisotopic (exact) mass is 343 g/mol. The SMILES string of the molecule is Cc1cc(N)ncc1Cc1cccc(S(C)(=O)=O)c1C1=NCN=N1. The molecule has 0 unspecified atom stereocenters. The largest absolute Gasteiger partial charge is 0.384 e. The zero-order valence-electron chi connectivity index (χ0n) is 13.4. The summed E-state index contributed by atoms with van der Waals surface area (Å²) in [5.74, 6) is 0.808. The number of hydrogen-bond donors (Lipinski definition) is 1. The maximum Gasteiger partial charge on any atom is 0.180 e. The van der Waals surface area contributed by atoms with Crippen molar-refractivity contribution in [3.05, 3.63) is 52.7 Å². The van der Waals surface area contributed by atoms with Gasteiger partial charge in [-0.1, -0.05) is 12.1 Å². The Bertz CT molecular complexity index is 964. The number of benzene rings is 1. The van der Waals surface area contributed by atoms with Gasteiger partial charge in [-0.15, -0.1) is 5.11 Å². The van der Waals surface area contributed by atoms with Crippen LogP contribution in [0.3, 0.4) is 0 Å². The number of nitrogen functional groups attached to an aromatic ring is 1. The Balaban J connectivity index is 2.15. The van der Waals surface area contributed by atoms with Crippen LogP contribution in [0.1, 0.15) is 22.3 Å². The summed E-state index contributed by atoms with van der Waals surface area (Å²) in [6.45, 7) is 2.16. The first kappa shape index (κ1) is 16.3. The van der Waals surface area contributed by atoms with Crippen molar-refractivity contribution in [2.75, 3.05) is 18.7 Å². The molecule has 0 fully saturated rings. The molecule has 7 nitrogen and oxygen atoms in total. The molecule has 0 spiro atoms. The Morgan fingerprint density at radius 1 is 1.25 bits per heavy atom. The van der Waals surface area contributed by atoms with Gasteiger partial charge >= 0.3 is 0 Å². The summed E-state index contributed by atoms with van der Waals surface area (Å²) < 4.78 is 24.3. The van der Waals surface area contributed by atoms with Gasteiger partial charge in [-0.25, -0.2) is 18.4 Å². The Hall–Kier alpha value is -2.61. The smallest absolute Gasteiger partial charge is 0.180 e. The lowest BCUT2D eigenvalue weighted by Crippen LogP contribution is -2.11. The van der Waals surface area contributed by atoms with Crippen molar-refractivity contribution in [2.45, 2.75) is 18.2 Å². The van der Waals surface area contributed by atoms with Gasteiger partial charge in [0.05, 0.1) is 4.90 Å². The normalized spacial score (nSPS) is 14.0. The zero-order valence-corrected chi connectivity index (χ0v) is 14.2. The van der Waals surface area contributed by atoms with Gasteiger partial charge in [0.2, 0.25) is 0 Å². The number of nitrogens with zero attached hydrogens (tertiary/aromatic N) is 4. The van der Waals surface area contributed by atoms with E-state index in [-0.39, 0.29) is 11.6 Å². The minimum absolute atomic E-state index is 0.209. The average Bonchev–Trinajstić information content (AvgIpc) is 3.03. The molecule has 1 aromatic heterocycles. The average molecular weight is 343 g/mol. The molecule has 1 aliphatic heterocycles. The second-order valence-electron chi connectivity index (χ2n) is 5.64. The van der Waals surface area contributed by atoms with Crippen LogP contribution >= 0.6 is 0 Å². The van der Waals surface area contributed by atoms with E-state index in [1.165, 1.54) is 6.26 Å². The van der Waals surface area contributed by atoms with E-state index in [2.05, 4.69) is 20.2 Å². The third-order valence-corrected chi connectivity index (χ3v) is 4.95. The fourth-order valence-electron chi connectivity index (χ4n) is 2.64. The van der Waals surface area contributed by atoms with Gasteiger partial charge in [0, 0.05) is 18.0 Å². The van der Waals surface area contributed by atoms with Crippen LogP contribution in [0.15, 0.2) is 50.6 Å². The lowest BCUT2D eigenvalue weighted by molar-refractivity contribution is 0.601. The molecule has 0 saturated carbocycles. The second kappa shape index (κ2) is 6.12. The molecule has 0 aliphatic carbocycles. The molecule has 2 heterocycles. The van der Waals surface area contributed by atoms with Gasteiger partial charge in [0.25, 0.3) is 0 Å². The van der Waals surface area contributed by atoms with Gasteiger partial charge in [-0.2, -0.15) is 5.11 Å². The summed E-state index contributed by atoms with van der Waals surface area (Å²) in [6.07, 6.45) is 3.39. The molecule has 0 bridgehead atoms. The number of nitrogens with two attached hydrogens (primary N) is 1. The van der Waals surface area contributed by atoms with Crippen LogP contribution in [0.2, 0.25) is 0 Å². The van der Waals surface area contributed by atoms with E-state index in [9.17, 15) is 8.42 Å². The number of aliphatic imine (C=N–C) groups is 1. The van der Waals surface area contributed by atoms with Crippen molar-refractivity contribution in [3.8, 4) is 0 Å². The number of hydrogen-bond acceptors (Lipinski definition) is 7. The van der Waals surface area contributed by atoms with Gasteiger partial charge in [-0.05, 0) is 42.2 Å². The topological polar surface area (TPSA) is 110 Å². The number of aryl methyl sites for hydroxylation is 1. The maximum atomic E-state index is 12.2. The van der Waals surface area contributed by atoms with E-state index >= 15 is 0 Å². The molecule has 0 amide bonds. The summed E-state index contributed by atoms with van der Waals surface area (Å²) in [5.41, 5.74) is 8.98. The summed E-state index contributed by atoms with van der Waals surface area (Å²) in [6, 6.07) is 6.96. The molecular weight excluding hydrogens is 326 g/mol. The summed E-state index contributed by atoms with van der Waals surface area (Å²) in [4.78, 5) is 8.53. The molecule has 24 heavy (non-hydrogen) atoms. The van der Waals surface area contributed by atoms with Crippen molar-refractivity contribution in [2.24, 2.45) is 15.2 Å². The first-order valence-corrected chi connectivity index (χ1v) is 9.20. The van der Waals surface area contributed by atoms with Gasteiger partial charge < -0.3 is 5.73 Å². The Morgan fingerprint density at radius 2 is 2.04 bits per heavy atom. The van der Waals surface area contributed by atoms with Crippen molar-refractivity contribution in [1.29, 1.82) is 0 Å². The number of anilines is 1. The standard InChI is InChI=1S/C16H17N5O2S/c1-10-6-14(17)18-8-12(10)7-11-4-3-5-13(24(2,22)23)15(11)16-19-9-20-21-16/h3-6,8H,7,9H2,1-2H3,(H2,17,18). The van der Waals surface area contributed by atoms with Crippen molar-refractivity contribution in [3.63, 3.8) is 0 Å². The molecule has 1 aliphatic rings. The Kier molecular flexibility index (Phi) is 4.15. The van der Waals surface area contributed by atoms with Crippen molar-refractivity contribution >= 4 is 21.5 Å². The summed E-state index contributed by atoms with van der Waals surface area (Å²) >= 11 is 0. The molecule has 0 radical (unpaired) electrons. The zero-order chi connectivity index (χ0) is 17.3. The Morgan fingerprint density at radius 3 is 2.67 bits per heavy atom. The predicted octanol–water partition coefficient (Wildman–Crippen LogP) is 2.14. The Labute approximate surface area is 140 Å². The quantitative estimate of drug-likeness (QED) is 0.916. The molecule has 124 valence electrons. The lowest BCUT2D eigenvalue weighted by Gasteiger charge is -2.13. The number of azo groups is 1. The molecule has 1 aromatic carbocycles. The molecule has 3 rings (SSSR count). The molecule has 0 saturated heterocycles. The fraction of sp³-hybridized carbons (Fsp3) is 0.250. The summed E-state index contributed by atoms with van der Waals surface area (Å²) in [5, 5.41) is 7.83.